The molecule has 2 aromatic rings. The summed E-state index contributed by atoms with van der Waals surface area (Å²) in [6, 6.07) is 7.18. The molecule has 0 radical (unpaired) electrons. The molecule has 0 aliphatic carbocycles. The summed E-state index contributed by atoms with van der Waals surface area (Å²) >= 11 is 0. The van der Waals surface area contributed by atoms with E-state index in [9.17, 15) is 14.9 Å². The zero-order valence-corrected chi connectivity index (χ0v) is 14.6. The standard InChI is InChI=1S/C17H20N4O4/c1-5-20-15(14(21(23)24)11(2)18-20)16(22)19-10-17(3,4)25-13-9-7-6-8-12(13)19/h6-9H,5,10H2,1-4H3. The number of carbonyl (C=O) groups is 1. The van der Waals surface area contributed by atoms with E-state index in [-0.39, 0.29) is 23.6 Å². The molecule has 3 rings (SSSR count). The Bertz CT molecular complexity index is 856. The molecule has 8 nitrogen and oxygen atoms in total. The number of hydrogen-bond donors (Lipinski definition) is 0. The quantitative estimate of drug-likeness (QED) is 0.631. The molecular weight excluding hydrogens is 324 g/mol. The number of nitro groups is 1. The first-order valence-corrected chi connectivity index (χ1v) is 8.07. The molecule has 1 amide bonds. The van der Waals surface area contributed by atoms with E-state index in [4.69, 9.17) is 4.74 Å². The monoisotopic (exact) mass is 344 g/mol. The molecule has 2 heterocycles. The SMILES string of the molecule is CCn1nc(C)c([N+](=O)[O-])c1C(=O)N1CC(C)(C)Oc2ccccc21. The number of fused-ring (bicyclic) bond motifs is 1. The largest absolute Gasteiger partial charge is 0.484 e. The number of amides is 1. The first-order chi connectivity index (χ1) is 11.7. The summed E-state index contributed by atoms with van der Waals surface area (Å²) in [6.45, 7) is 7.74. The number of hydrogen-bond acceptors (Lipinski definition) is 5. The lowest BCUT2D eigenvalue weighted by atomic mass is 10.0. The molecule has 0 N–H and O–H groups in total. The van der Waals surface area contributed by atoms with E-state index < -0.39 is 16.4 Å². The van der Waals surface area contributed by atoms with Gasteiger partial charge in [-0.1, -0.05) is 12.1 Å². The van der Waals surface area contributed by atoms with Gasteiger partial charge in [-0.25, -0.2) is 0 Å². The molecule has 0 fully saturated rings. The van der Waals surface area contributed by atoms with Crippen molar-refractivity contribution in [3.63, 3.8) is 0 Å². The second-order valence-electron chi connectivity index (χ2n) is 6.58. The van der Waals surface area contributed by atoms with Crippen molar-refractivity contribution in [3.05, 3.63) is 45.8 Å². The van der Waals surface area contributed by atoms with E-state index in [1.165, 1.54) is 16.5 Å². The maximum absolute atomic E-state index is 13.3. The highest BCUT2D eigenvalue weighted by Gasteiger charge is 2.39. The van der Waals surface area contributed by atoms with Crippen molar-refractivity contribution in [2.45, 2.75) is 39.8 Å². The first kappa shape index (κ1) is 16.9. The zero-order valence-electron chi connectivity index (χ0n) is 14.6. The molecule has 0 atom stereocenters. The van der Waals surface area contributed by atoms with E-state index in [1.807, 2.05) is 19.9 Å². The summed E-state index contributed by atoms with van der Waals surface area (Å²) < 4.78 is 7.31. The van der Waals surface area contributed by atoms with Crippen LogP contribution >= 0.6 is 0 Å². The molecule has 25 heavy (non-hydrogen) atoms. The van der Waals surface area contributed by atoms with Crippen LogP contribution in [0.1, 0.15) is 37.0 Å². The molecule has 0 bridgehead atoms. The molecule has 0 saturated carbocycles. The third-order valence-electron chi connectivity index (χ3n) is 4.11. The Labute approximate surface area is 145 Å². The molecule has 0 spiro atoms. The molecule has 1 aliphatic rings. The Balaban J connectivity index is 2.15. The minimum Gasteiger partial charge on any atom is -0.484 e. The topological polar surface area (TPSA) is 90.5 Å². The molecule has 1 aliphatic heterocycles. The molecule has 132 valence electrons. The Morgan fingerprint density at radius 1 is 1.40 bits per heavy atom. The summed E-state index contributed by atoms with van der Waals surface area (Å²) in [4.78, 5) is 25.8. The van der Waals surface area contributed by atoms with Crippen molar-refractivity contribution >= 4 is 17.3 Å². The van der Waals surface area contributed by atoms with E-state index in [0.29, 0.717) is 18.0 Å². The van der Waals surface area contributed by atoms with Crippen LogP contribution < -0.4 is 9.64 Å². The number of ether oxygens (including phenoxy) is 1. The second kappa shape index (κ2) is 5.87. The summed E-state index contributed by atoms with van der Waals surface area (Å²) in [5.74, 6) is 0.131. The Morgan fingerprint density at radius 2 is 2.08 bits per heavy atom. The van der Waals surface area contributed by atoms with Crippen molar-refractivity contribution < 1.29 is 14.5 Å². The minimum atomic E-state index is -0.606. The minimum absolute atomic E-state index is 0.00231. The van der Waals surface area contributed by atoms with Crippen molar-refractivity contribution in [2.75, 3.05) is 11.4 Å². The van der Waals surface area contributed by atoms with Gasteiger partial charge in [-0.2, -0.15) is 5.10 Å². The van der Waals surface area contributed by atoms with Gasteiger partial charge in [0.1, 0.15) is 17.0 Å². The average Bonchev–Trinajstić information content (AvgIpc) is 2.89. The number of aromatic nitrogens is 2. The van der Waals surface area contributed by atoms with E-state index >= 15 is 0 Å². The lowest BCUT2D eigenvalue weighted by Gasteiger charge is -2.39. The van der Waals surface area contributed by atoms with Crippen LogP contribution in [-0.2, 0) is 6.54 Å². The fourth-order valence-electron chi connectivity index (χ4n) is 3.10. The Kier molecular flexibility index (Phi) is 3.98. The van der Waals surface area contributed by atoms with Gasteiger partial charge in [0, 0.05) is 6.54 Å². The average molecular weight is 344 g/mol. The van der Waals surface area contributed by atoms with Gasteiger partial charge in [-0.3, -0.25) is 24.5 Å². The van der Waals surface area contributed by atoms with Crippen LogP contribution in [0.3, 0.4) is 0 Å². The number of benzene rings is 1. The van der Waals surface area contributed by atoms with Crippen LogP contribution in [0.4, 0.5) is 11.4 Å². The lowest BCUT2D eigenvalue weighted by molar-refractivity contribution is -0.385. The number of anilines is 1. The first-order valence-electron chi connectivity index (χ1n) is 8.07. The van der Waals surface area contributed by atoms with Crippen LogP contribution in [0.5, 0.6) is 5.75 Å². The lowest BCUT2D eigenvalue weighted by Crippen LogP contribution is -2.49. The molecular formula is C17H20N4O4. The van der Waals surface area contributed by atoms with Gasteiger partial charge in [0.2, 0.25) is 5.69 Å². The molecule has 1 aromatic carbocycles. The van der Waals surface area contributed by atoms with Crippen molar-refractivity contribution in [1.82, 2.24) is 9.78 Å². The van der Waals surface area contributed by atoms with Crippen LogP contribution in [0.25, 0.3) is 0 Å². The fourth-order valence-corrected chi connectivity index (χ4v) is 3.10. The van der Waals surface area contributed by atoms with Gasteiger partial charge >= 0.3 is 5.69 Å². The summed E-state index contributed by atoms with van der Waals surface area (Å²) in [6.07, 6.45) is 0. The number of nitrogens with zero attached hydrogens (tertiary/aromatic N) is 4. The van der Waals surface area contributed by atoms with E-state index in [1.54, 1.807) is 25.1 Å². The predicted octanol–water partition coefficient (Wildman–Crippen LogP) is 2.94. The highest BCUT2D eigenvalue weighted by molar-refractivity contribution is 6.08. The van der Waals surface area contributed by atoms with Crippen molar-refractivity contribution in [3.8, 4) is 5.75 Å². The normalized spacial score (nSPS) is 15.4. The van der Waals surface area contributed by atoms with Crippen LogP contribution in [0.2, 0.25) is 0 Å². The summed E-state index contributed by atoms with van der Waals surface area (Å²) in [7, 11) is 0. The maximum Gasteiger partial charge on any atom is 0.322 e. The highest BCUT2D eigenvalue weighted by atomic mass is 16.6. The van der Waals surface area contributed by atoms with Gasteiger partial charge in [0.05, 0.1) is 17.2 Å². The van der Waals surface area contributed by atoms with Gasteiger partial charge in [-0.15, -0.1) is 0 Å². The fraction of sp³-hybridized carbons (Fsp3) is 0.412. The third-order valence-corrected chi connectivity index (χ3v) is 4.11. The van der Waals surface area contributed by atoms with Crippen molar-refractivity contribution in [2.24, 2.45) is 0 Å². The predicted molar refractivity (Wildman–Crippen MR) is 92.1 cm³/mol. The maximum atomic E-state index is 13.3. The van der Waals surface area contributed by atoms with Gasteiger partial charge in [-0.05, 0) is 39.8 Å². The Morgan fingerprint density at radius 3 is 2.72 bits per heavy atom. The Hall–Kier alpha value is -2.90. The van der Waals surface area contributed by atoms with Gasteiger partial charge in [0.25, 0.3) is 5.91 Å². The highest BCUT2D eigenvalue weighted by Crippen LogP contribution is 2.38. The number of aryl methyl sites for hydroxylation is 2. The van der Waals surface area contributed by atoms with E-state index in [0.717, 1.165) is 0 Å². The van der Waals surface area contributed by atoms with Crippen LogP contribution in [0, 0.1) is 17.0 Å². The number of rotatable bonds is 3. The van der Waals surface area contributed by atoms with Gasteiger partial charge in [0.15, 0.2) is 0 Å². The molecule has 1 aromatic heterocycles. The van der Waals surface area contributed by atoms with Crippen LogP contribution in [0.15, 0.2) is 24.3 Å². The molecule has 0 unspecified atom stereocenters. The molecule has 8 heteroatoms. The smallest absolute Gasteiger partial charge is 0.322 e. The number of para-hydroxylation sites is 2. The summed E-state index contributed by atoms with van der Waals surface area (Å²) in [5, 5.41) is 15.6. The second-order valence-corrected chi connectivity index (χ2v) is 6.58. The van der Waals surface area contributed by atoms with Gasteiger partial charge < -0.3 is 4.74 Å². The van der Waals surface area contributed by atoms with Crippen molar-refractivity contribution in [1.29, 1.82) is 0 Å². The van der Waals surface area contributed by atoms with E-state index in [2.05, 4.69) is 5.10 Å². The summed E-state index contributed by atoms with van der Waals surface area (Å²) in [5.41, 5.74) is -0.0185. The molecule has 0 saturated heterocycles. The third kappa shape index (κ3) is 2.84. The zero-order chi connectivity index (χ0) is 18.4. The number of carbonyl (C=O) groups excluding carboxylic acids is 1. The van der Waals surface area contributed by atoms with Crippen LogP contribution in [-0.4, -0.2) is 32.8 Å².